The Morgan fingerprint density at radius 1 is 0.967 bits per heavy atom. The minimum absolute atomic E-state index is 0.0970. The molecule has 5 nitrogen and oxygen atoms in total. The van der Waals surface area contributed by atoms with Crippen molar-refractivity contribution in [2.24, 2.45) is 0 Å². The molecule has 0 bridgehead atoms. The van der Waals surface area contributed by atoms with Crippen molar-refractivity contribution in [2.45, 2.75) is 13.8 Å². The van der Waals surface area contributed by atoms with Crippen molar-refractivity contribution in [3.63, 3.8) is 0 Å². The van der Waals surface area contributed by atoms with Gasteiger partial charge in [-0.1, -0.05) is 24.3 Å². The zero-order valence-electron chi connectivity index (χ0n) is 16.3. The van der Waals surface area contributed by atoms with Crippen LogP contribution in [0.4, 0.5) is 0 Å². The highest BCUT2D eigenvalue weighted by molar-refractivity contribution is 14.1. The smallest absolute Gasteiger partial charge is 0.344 e. The van der Waals surface area contributed by atoms with Gasteiger partial charge >= 0.3 is 5.97 Å². The van der Waals surface area contributed by atoms with Gasteiger partial charge in [0.2, 0.25) is 11.2 Å². The van der Waals surface area contributed by atoms with Gasteiger partial charge in [-0.25, -0.2) is 4.79 Å². The number of hydrogen-bond acceptors (Lipinski definition) is 5. The normalized spacial score (nSPS) is 10.8. The minimum atomic E-state index is -0.475. The zero-order chi connectivity index (χ0) is 21.3. The highest BCUT2D eigenvalue weighted by atomic mass is 127. The molecule has 4 aromatic rings. The summed E-state index contributed by atoms with van der Waals surface area (Å²) in [6, 6.07) is 17.6. The number of benzene rings is 3. The molecule has 1 aromatic heterocycles. The monoisotopic (exact) mass is 512 g/mol. The van der Waals surface area contributed by atoms with Gasteiger partial charge in [0, 0.05) is 9.64 Å². The van der Waals surface area contributed by atoms with E-state index in [9.17, 15) is 9.59 Å². The summed E-state index contributed by atoms with van der Waals surface area (Å²) >= 11 is 2.08. The van der Waals surface area contributed by atoms with Gasteiger partial charge in [-0.3, -0.25) is 4.79 Å². The molecule has 6 heteroatoms. The molecule has 0 fully saturated rings. The van der Waals surface area contributed by atoms with Crippen molar-refractivity contribution in [3.05, 3.63) is 97.4 Å². The number of fused-ring (bicyclic) bond motifs is 1. The molecule has 150 valence electrons. The van der Waals surface area contributed by atoms with Gasteiger partial charge in [0.1, 0.15) is 23.3 Å². The zero-order valence-corrected chi connectivity index (χ0v) is 18.4. The molecular formula is C24H17IO5. The Hall–Kier alpha value is -3.13. The number of carbonyl (C=O) groups excluding carboxylic acids is 1. The summed E-state index contributed by atoms with van der Waals surface area (Å²) in [6.07, 6.45) is 1.28. The van der Waals surface area contributed by atoms with Crippen LogP contribution in [0.5, 0.6) is 17.2 Å². The standard InChI is InChI=1S/C24H17IO5/c1-14-7-8-15(2)20(11-14)30-22-13-28-21-12-16(9-10-18(21)23(22)26)29-24(27)17-5-3-4-6-19(17)25/h3-13H,1-2H3. The Morgan fingerprint density at radius 3 is 2.57 bits per heavy atom. The average molecular weight is 512 g/mol. The fraction of sp³-hybridized carbons (Fsp3) is 0.0833. The van der Waals surface area contributed by atoms with Gasteiger partial charge in [-0.05, 0) is 77.9 Å². The highest BCUT2D eigenvalue weighted by Crippen LogP contribution is 2.27. The summed E-state index contributed by atoms with van der Waals surface area (Å²) in [6.45, 7) is 3.86. The molecule has 0 radical (unpaired) electrons. The summed E-state index contributed by atoms with van der Waals surface area (Å²) < 4.78 is 17.6. The third kappa shape index (κ3) is 4.09. The van der Waals surface area contributed by atoms with Crippen LogP contribution in [0.1, 0.15) is 21.5 Å². The van der Waals surface area contributed by atoms with Crippen molar-refractivity contribution in [1.29, 1.82) is 0 Å². The van der Waals surface area contributed by atoms with Crippen LogP contribution < -0.4 is 14.9 Å². The number of carbonyl (C=O) groups is 1. The number of halogens is 1. The lowest BCUT2D eigenvalue weighted by molar-refractivity contribution is 0.0734. The number of esters is 1. The molecule has 0 unspecified atom stereocenters. The Balaban J connectivity index is 1.63. The Kier molecular flexibility index (Phi) is 5.59. The summed E-state index contributed by atoms with van der Waals surface area (Å²) in [5.41, 5.74) is 2.42. The molecule has 0 atom stereocenters. The van der Waals surface area contributed by atoms with Crippen LogP contribution >= 0.6 is 22.6 Å². The minimum Gasteiger partial charge on any atom is -0.460 e. The molecule has 0 saturated heterocycles. The van der Waals surface area contributed by atoms with E-state index in [-0.39, 0.29) is 11.2 Å². The molecule has 30 heavy (non-hydrogen) atoms. The molecule has 4 rings (SSSR count). The van der Waals surface area contributed by atoms with Crippen LogP contribution in [0, 0.1) is 17.4 Å². The van der Waals surface area contributed by atoms with Gasteiger partial charge in [0.15, 0.2) is 0 Å². The van der Waals surface area contributed by atoms with Crippen LogP contribution in [-0.2, 0) is 0 Å². The largest absolute Gasteiger partial charge is 0.460 e. The second kappa shape index (κ2) is 8.31. The van der Waals surface area contributed by atoms with E-state index in [2.05, 4.69) is 22.6 Å². The first kappa shape index (κ1) is 20.2. The van der Waals surface area contributed by atoms with E-state index in [1.165, 1.54) is 12.3 Å². The fourth-order valence-electron chi connectivity index (χ4n) is 2.95. The predicted molar refractivity (Wildman–Crippen MR) is 123 cm³/mol. The molecule has 0 aliphatic rings. The number of ether oxygens (including phenoxy) is 2. The maximum absolute atomic E-state index is 12.8. The molecule has 0 aliphatic heterocycles. The first-order valence-corrected chi connectivity index (χ1v) is 10.3. The van der Waals surface area contributed by atoms with Crippen molar-refractivity contribution >= 4 is 39.5 Å². The van der Waals surface area contributed by atoms with Gasteiger partial charge in [0.25, 0.3) is 0 Å². The van der Waals surface area contributed by atoms with E-state index in [1.807, 2.05) is 44.2 Å². The van der Waals surface area contributed by atoms with Gasteiger partial charge in [-0.2, -0.15) is 0 Å². The van der Waals surface area contributed by atoms with Gasteiger partial charge in [-0.15, -0.1) is 0 Å². The topological polar surface area (TPSA) is 65.7 Å². The predicted octanol–water partition coefficient (Wildman–Crippen LogP) is 6.03. The first-order chi connectivity index (χ1) is 14.4. The summed E-state index contributed by atoms with van der Waals surface area (Å²) in [5.74, 6) is 0.513. The van der Waals surface area contributed by atoms with Crippen molar-refractivity contribution in [2.75, 3.05) is 0 Å². The second-order valence-corrected chi connectivity index (χ2v) is 7.99. The van der Waals surface area contributed by atoms with Crippen molar-refractivity contribution < 1.29 is 18.7 Å². The van der Waals surface area contributed by atoms with Crippen LogP contribution in [0.15, 0.2) is 76.1 Å². The summed E-state index contributed by atoms with van der Waals surface area (Å²) in [5, 5.41) is 0.340. The van der Waals surface area contributed by atoms with Crippen LogP contribution in [0.25, 0.3) is 11.0 Å². The lowest BCUT2D eigenvalue weighted by Crippen LogP contribution is -2.10. The fourth-order valence-corrected chi connectivity index (χ4v) is 3.56. The molecule has 0 saturated carbocycles. The number of hydrogen-bond donors (Lipinski definition) is 0. The lowest BCUT2D eigenvalue weighted by Gasteiger charge is -2.10. The molecule has 0 N–H and O–H groups in total. The van der Waals surface area contributed by atoms with E-state index in [4.69, 9.17) is 13.9 Å². The maximum atomic E-state index is 12.8. The van der Waals surface area contributed by atoms with Crippen molar-refractivity contribution in [3.8, 4) is 17.2 Å². The Morgan fingerprint density at radius 2 is 1.77 bits per heavy atom. The highest BCUT2D eigenvalue weighted by Gasteiger charge is 2.15. The Bertz CT molecular complexity index is 1320. The van der Waals surface area contributed by atoms with E-state index in [0.29, 0.717) is 28.0 Å². The maximum Gasteiger partial charge on any atom is 0.344 e. The van der Waals surface area contributed by atoms with E-state index >= 15 is 0 Å². The lowest BCUT2D eigenvalue weighted by atomic mass is 10.1. The van der Waals surface area contributed by atoms with Crippen LogP contribution in [0.2, 0.25) is 0 Å². The second-order valence-electron chi connectivity index (χ2n) is 6.83. The van der Waals surface area contributed by atoms with Crippen molar-refractivity contribution in [1.82, 2.24) is 0 Å². The molecule has 1 heterocycles. The Labute approximate surface area is 186 Å². The number of aryl methyl sites for hydroxylation is 2. The van der Waals surface area contributed by atoms with Crippen LogP contribution in [-0.4, -0.2) is 5.97 Å². The quantitative estimate of drug-likeness (QED) is 0.190. The third-order valence-corrected chi connectivity index (χ3v) is 5.52. The third-order valence-electron chi connectivity index (χ3n) is 4.58. The molecule has 3 aromatic carbocycles. The summed E-state index contributed by atoms with van der Waals surface area (Å²) in [7, 11) is 0. The average Bonchev–Trinajstić information content (AvgIpc) is 2.73. The first-order valence-electron chi connectivity index (χ1n) is 9.20. The van der Waals surface area contributed by atoms with Gasteiger partial charge < -0.3 is 13.9 Å². The number of rotatable bonds is 4. The molecule has 0 aliphatic carbocycles. The van der Waals surface area contributed by atoms with E-state index in [1.54, 1.807) is 24.3 Å². The SMILES string of the molecule is Cc1ccc(C)c(Oc2coc3cc(OC(=O)c4ccccc4I)ccc3c2=O)c1. The summed E-state index contributed by atoms with van der Waals surface area (Å²) in [4.78, 5) is 25.3. The van der Waals surface area contributed by atoms with E-state index in [0.717, 1.165) is 14.7 Å². The molecular weight excluding hydrogens is 495 g/mol. The van der Waals surface area contributed by atoms with Crippen LogP contribution in [0.3, 0.4) is 0 Å². The molecule has 0 amide bonds. The van der Waals surface area contributed by atoms with E-state index < -0.39 is 5.97 Å². The molecule has 0 spiro atoms. The van der Waals surface area contributed by atoms with Gasteiger partial charge in [0.05, 0.1) is 10.9 Å².